The number of rotatable bonds is 8. The Bertz CT molecular complexity index is 419. The molecule has 0 aliphatic rings. The molecule has 2 unspecified atom stereocenters. The molecule has 0 heterocycles. The summed E-state index contributed by atoms with van der Waals surface area (Å²) >= 11 is 0. The lowest BCUT2D eigenvalue weighted by atomic mass is 10.0. The van der Waals surface area contributed by atoms with E-state index in [9.17, 15) is 4.79 Å². The van der Waals surface area contributed by atoms with Crippen LogP contribution in [0.2, 0.25) is 0 Å². The monoisotopic (exact) mass is 278 g/mol. The minimum atomic E-state index is -0.00560. The highest BCUT2D eigenvalue weighted by Crippen LogP contribution is 2.26. The number of hydrogen-bond acceptors (Lipinski definition) is 3. The highest BCUT2D eigenvalue weighted by molar-refractivity contribution is 5.76. The maximum absolute atomic E-state index is 12.0. The first-order valence-electron chi connectivity index (χ1n) is 7.26. The number of nitrogens with one attached hydrogen (secondary N) is 1. The summed E-state index contributed by atoms with van der Waals surface area (Å²) in [7, 11) is 1.65. The van der Waals surface area contributed by atoms with E-state index in [2.05, 4.69) is 12.2 Å². The minimum Gasteiger partial charge on any atom is -0.496 e. The fourth-order valence-corrected chi connectivity index (χ4v) is 2.21. The molecule has 1 amide bonds. The number of methoxy groups -OCH3 is 1. The maximum Gasteiger partial charge on any atom is 0.220 e. The molecule has 0 spiro atoms. The fourth-order valence-electron chi connectivity index (χ4n) is 2.21. The Balaban J connectivity index is 2.60. The van der Waals surface area contributed by atoms with Gasteiger partial charge in [-0.25, -0.2) is 0 Å². The first-order valence-corrected chi connectivity index (χ1v) is 7.26. The van der Waals surface area contributed by atoms with Gasteiger partial charge in [-0.15, -0.1) is 0 Å². The SMILES string of the molecule is CCC(NC(=O)CCCC(C)N)c1ccccc1OC. The molecule has 20 heavy (non-hydrogen) atoms. The van der Waals surface area contributed by atoms with Crippen LogP contribution in [-0.2, 0) is 4.79 Å². The van der Waals surface area contributed by atoms with E-state index in [1.165, 1.54) is 0 Å². The lowest BCUT2D eigenvalue weighted by Crippen LogP contribution is -2.28. The van der Waals surface area contributed by atoms with Crippen molar-refractivity contribution in [3.8, 4) is 5.75 Å². The third kappa shape index (κ3) is 5.21. The van der Waals surface area contributed by atoms with Crippen LogP contribution in [0.1, 0.15) is 51.1 Å². The smallest absolute Gasteiger partial charge is 0.220 e. The molecular weight excluding hydrogens is 252 g/mol. The van der Waals surface area contributed by atoms with Gasteiger partial charge in [-0.3, -0.25) is 4.79 Å². The van der Waals surface area contributed by atoms with Gasteiger partial charge in [-0.2, -0.15) is 0 Å². The van der Waals surface area contributed by atoms with Gasteiger partial charge in [-0.05, 0) is 32.3 Å². The van der Waals surface area contributed by atoms with E-state index < -0.39 is 0 Å². The first kappa shape index (κ1) is 16.5. The zero-order valence-electron chi connectivity index (χ0n) is 12.7. The summed E-state index contributed by atoms with van der Waals surface area (Å²) < 4.78 is 5.35. The van der Waals surface area contributed by atoms with E-state index in [4.69, 9.17) is 10.5 Å². The van der Waals surface area contributed by atoms with Crippen LogP contribution >= 0.6 is 0 Å². The van der Waals surface area contributed by atoms with Gasteiger partial charge < -0.3 is 15.8 Å². The van der Waals surface area contributed by atoms with E-state index in [0.29, 0.717) is 6.42 Å². The Kier molecular flexibility index (Phi) is 7.09. The lowest BCUT2D eigenvalue weighted by Gasteiger charge is -2.20. The molecule has 112 valence electrons. The Labute approximate surface area is 121 Å². The maximum atomic E-state index is 12.0. The summed E-state index contributed by atoms with van der Waals surface area (Å²) in [6.45, 7) is 4.01. The van der Waals surface area contributed by atoms with Crippen molar-refractivity contribution >= 4 is 5.91 Å². The second kappa shape index (κ2) is 8.59. The van der Waals surface area contributed by atoms with Crippen molar-refractivity contribution in [2.75, 3.05) is 7.11 Å². The predicted octanol–water partition coefficient (Wildman–Crippen LogP) is 2.78. The molecule has 1 aromatic rings. The molecule has 1 aromatic carbocycles. The van der Waals surface area contributed by atoms with Crippen molar-refractivity contribution < 1.29 is 9.53 Å². The minimum absolute atomic E-state index is 0.00560. The number of nitrogens with two attached hydrogens (primary N) is 1. The van der Waals surface area contributed by atoms with Gasteiger partial charge in [-0.1, -0.05) is 25.1 Å². The van der Waals surface area contributed by atoms with Crippen LogP contribution in [0, 0.1) is 0 Å². The lowest BCUT2D eigenvalue weighted by molar-refractivity contribution is -0.122. The summed E-state index contributed by atoms with van der Waals surface area (Å²) in [5.41, 5.74) is 6.71. The third-order valence-electron chi connectivity index (χ3n) is 3.32. The first-order chi connectivity index (χ1) is 9.58. The van der Waals surface area contributed by atoms with Gasteiger partial charge in [0.05, 0.1) is 13.2 Å². The highest BCUT2D eigenvalue weighted by atomic mass is 16.5. The fraction of sp³-hybridized carbons (Fsp3) is 0.562. The van der Waals surface area contributed by atoms with Crippen LogP contribution in [-0.4, -0.2) is 19.1 Å². The normalized spacial score (nSPS) is 13.6. The Morgan fingerprint density at radius 3 is 2.70 bits per heavy atom. The number of para-hydroxylation sites is 1. The molecule has 1 rings (SSSR count). The van der Waals surface area contributed by atoms with Crippen molar-refractivity contribution in [1.29, 1.82) is 0 Å². The predicted molar refractivity (Wildman–Crippen MR) is 81.7 cm³/mol. The topological polar surface area (TPSA) is 64.4 Å². The number of carbonyl (C=O) groups excluding carboxylic acids is 1. The second-order valence-electron chi connectivity index (χ2n) is 5.14. The molecule has 2 atom stereocenters. The van der Waals surface area contributed by atoms with Gasteiger partial charge in [0.1, 0.15) is 5.75 Å². The Morgan fingerprint density at radius 2 is 2.10 bits per heavy atom. The van der Waals surface area contributed by atoms with Crippen molar-refractivity contribution in [3.63, 3.8) is 0 Å². The second-order valence-corrected chi connectivity index (χ2v) is 5.14. The van der Waals surface area contributed by atoms with Gasteiger partial charge >= 0.3 is 0 Å². The van der Waals surface area contributed by atoms with E-state index in [0.717, 1.165) is 30.6 Å². The molecule has 0 saturated heterocycles. The third-order valence-corrected chi connectivity index (χ3v) is 3.32. The van der Waals surface area contributed by atoms with E-state index in [1.54, 1.807) is 7.11 Å². The van der Waals surface area contributed by atoms with Crippen LogP contribution in [0.25, 0.3) is 0 Å². The van der Waals surface area contributed by atoms with Gasteiger partial charge in [0.15, 0.2) is 0 Å². The van der Waals surface area contributed by atoms with E-state index in [1.807, 2.05) is 31.2 Å². The molecule has 0 aliphatic carbocycles. The van der Waals surface area contributed by atoms with Crippen LogP contribution in [0.5, 0.6) is 5.75 Å². The number of carbonyl (C=O) groups is 1. The Hall–Kier alpha value is -1.55. The quantitative estimate of drug-likeness (QED) is 0.768. The molecule has 0 bridgehead atoms. The number of hydrogen-bond donors (Lipinski definition) is 2. The average Bonchev–Trinajstić information content (AvgIpc) is 2.44. The van der Waals surface area contributed by atoms with Crippen molar-refractivity contribution in [2.24, 2.45) is 5.73 Å². The Morgan fingerprint density at radius 1 is 1.40 bits per heavy atom. The van der Waals surface area contributed by atoms with Crippen molar-refractivity contribution in [1.82, 2.24) is 5.32 Å². The molecule has 4 nitrogen and oxygen atoms in total. The summed E-state index contributed by atoms with van der Waals surface area (Å²) in [5.74, 6) is 0.888. The zero-order valence-corrected chi connectivity index (χ0v) is 12.7. The van der Waals surface area contributed by atoms with Crippen molar-refractivity contribution in [2.45, 2.75) is 51.6 Å². The summed E-state index contributed by atoms with van der Waals surface area (Å²) in [6, 6.07) is 7.95. The number of benzene rings is 1. The van der Waals surface area contributed by atoms with Gasteiger partial charge in [0, 0.05) is 18.0 Å². The molecule has 0 fully saturated rings. The van der Waals surface area contributed by atoms with E-state index in [-0.39, 0.29) is 18.0 Å². The molecule has 0 aliphatic heterocycles. The zero-order chi connectivity index (χ0) is 15.0. The van der Waals surface area contributed by atoms with E-state index >= 15 is 0 Å². The standard InChI is InChI=1S/C16H26N2O2/c1-4-14(13-9-5-6-10-15(13)20-3)18-16(19)11-7-8-12(2)17/h5-6,9-10,12,14H,4,7-8,11,17H2,1-3H3,(H,18,19). The van der Waals surface area contributed by atoms with Crippen LogP contribution < -0.4 is 15.8 Å². The highest BCUT2D eigenvalue weighted by Gasteiger charge is 2.16. The van der Waals surface area contributed by atoms with Gasteiger partial charge in [0.2, 0.25) is 5.91 Å². The molecule has 3 N–H and O–H groups in total. The van der Waals surface area contributed by atoms with Crippen LogP contribution in [0.4, 0.5) is 0 Å². The van der Waals surface area contributed by atoms with Gasteiger partial charge in [0.25, 0.3) is 0 Å². The number of ether oxygens (including phenoxy) is 1. The summed E-state index contributed by atoms with van der Waals surface area (Å²) in [5, 5.41) is 3.07. The molecule has 0 saturated carbocycles. The molecular formula is C16H26N2O2. The molecule has 0 aromatic heterocycles. The van der Waals surface area contributed by atoms with Crippen LogP contribution in [0.15, 0.2) is 24.3 Å². The van der Waals surface area contributed by atoms with Crippen LogP contribution in [0.3, 0.4) is 0 Å². The molecule has 0 radical (unpaired) electrons. The number of amides is 1. The van der Waals surface area contributed by atoms with Crippen molar-refractivity contribution in [3.05, 3.63) is 29.8 Å². The summed E-state index contributed by atoms with van der Waals surface area (Å²) in [4.78, 5) is 12.0. The largest absolute Gasteiger partial charge is 0.496 e. The average molecular weight is 278 g/mol. The molecule has 4 heteroatoms. The summed E-state index contributed by atoms with van der Waals surface area (Å²) in [6.07, 6.45) is 3.05.